The van der Waals surface area contributed by atoms with Crippen molar-refractivity contribution in [2.24, 2.45) is 0 Å². The lowest BCUT2D eigenvalue weighted by Crippen LogP contribution is -2.42. The summed E-state index contributed by atoms with van der Waals surface area (Å²) in [5, 5.41) is 11.7. The number of hydrogen-bond acceptors (Lipinski definition) is 4. The molecule has 1 amide bonds. The lowest BCUT2D eigenvalue weighted by molar-refractivity contribution is -0.137. The number of likely N-dealkylation sites (N-methyl/N-ethyl adjacent to an activating group) is 1. The summed E-state index contributed by atoms with van der Waals surface area (Å²) in [6.07, 6.45) is 6.18. The van der Waals surface area contributed by atoms with Crippen LogP contribution in [0.3, 0.4) is 0 Å². The van der Waals surface area contributed by atoms with Gasteiger partial charge in [-0.3, -0.25) is 9.59 Å². The highest BCUT2D eigenvalue weighted by atomic mass is 19.1. The van der Waals surface area contributed by atoms with Crippen LogP contribution in [0.2, 0.25) is 0 Å². The van der Waals surface area contributed by atoms with E-state index in [1.165, 1.54) is 12.1 Å². The SMILES string of the molecule is CN(C)C[C@@H](CC(=O)O)NC(=O)CCCCCCCCOc1cccc(F)c1. The van der Waals surface area contributed by atoms with Gasteiger partial charge in [0.05, 0.1) is 19.1 Å². The Morgan fingerprint density at radius 3 is 2.46 bits per heavy atom. The average Bonchev–Trinajstić information content (AvgIpc) is 2.59. The van der Waals surface area contributed by atoms with Crippen LogP contribution in [-0.4, -0.2) is 55.2 Å². The number of hydrogen-bond donors (Lipinski definition) is 2. The molecule has 0 bridgehead atoms. The first kappa shape index (κ1) is 23.9. The van der Waals surface area contributed by atoms with E-state index >= 15 is 0 Å². The van der Waals surface area contributed by atoms with Crippen LogP contribution in [0.15, 0.2) is 24.3 Å². The number of aliphatic carboxylic acids is 1. The third-order valence-electron chi connectivity index (χ3n) is 4.23. The molecule has 1 aromatic carbocycles. The second-order valence-electron chi connectivity index (χ2n) is 7.30. The maximum atomic E-state index is 13.0. The van der Waals surface area contributed by atoms with E-state index in [4.69, 9.17) is 9.84 Å². The first-order valence-electron chi connectivity index (χ1n) is 9.91. The second kappa shape index (κ2) is 13.9. The Kier molecular flexibility index (Phi) is 11.9. The van der Waals surface area contributed by atoms with Crippen molar-refractivity contribution in [2.45, 2.75) is 57.4 Å². The molecule has 2 N–H and O–H groups in total. The maximum absolute atomic E-state index is 13.0. The Balaban J connectivity index is 2.03. The second-order valence-corrected chi connectivity index (χ2v) is 7.30. The van der Waals surface area contributed by atoms with Crippen molar-refractivity contribution in [3.05, 3.63) is 30.1 Å². The minimum Gasteiger partial charge on any atom is -0.493 e. The van der Waals surface area contributed by atoms with Gasteiger partial charge < -0.3 is 20.1 Å². The quantitative estimate of drug-likeness (QED) is 0.444. The Morgan fingerprint density at radius 1 is 1.14 bits per heavy atom. The fourth-order valence-electron chi connectivity index (χ4n) is 2.95. The standard InChI is InChI=1S/C21H33FN2O4/c1-24(2)16-18(15-21(26)27)23-20(25)12-7-5-3-4-6-8-13-28-19-11-9-10-17(22)14-19/h9-11,14,18H,3-8,12-13,15-16H2,1-2H3,(H,23,25)(H,26,27)/t18-/m1/s1. The van der Waals surface area contributed by atoms with Crippen LogP contribution in [0, 0.1) is 5.82 Å². The van der Waals surface area contributed by atoms with E-state index in [1.54, 1.807) is 12.1 Å². The Morgan fingerprint density at radius 2 is 1.82 bits per heavy atom. The molecule has 0 unspecified atom stereocenters. The molecule has 0 radical (unpaired) electrons. The molecule has 0 saturated heterocycles. The number of benzene rings is 1. The molecule has 0 aliphatic heterocycles. The number of unbranched alkanes of at least 4 members (excludes halogenated alkanes) is 5. The van der Waals surface area contributed by atoms with Gasteiger partial charge in [0.2, 0.25) is 5.91 Å². The predicted octanol–water partition coefficient (Wildman–Crippen LogP) is 3.46. The van der Waals surface area contributed by atoms with E-state index in [9.17, 15) is 14.0 Å². The number of carbonyl (C=O) groups excluding carboxylic acids is 1. The van der Waals surface area contributed by atoms with E-state index in [1.807, 2.05) is 19.0 Å². The van der Waals surface area contributed by atoms with Gasteiger partial charge in [-0.05, 0) is 39.1 Å². The van der Waals surface area contributed by atoms with Gasteiger partial charge in [-0.1, -0.05) is 31.7 Å². The van der Waals surface area contributed by atoms with E-state index in [0.29, 0.717) is 25.3 Å². The van der Waals surface area contributed by atoms with Gasteiger partial charge in [-0.2, -0.15) is 0 Å². The third-order valence-corrected chi connectivity index (χ3v) is 4.23. The van der Waals surface area contributed by atoms with Gasteiger partial charge in [0.1, 0.15) is 11.6 Å². The summed E-state index contributed by atoms with van der Waals surface area (Å²) in [4.78, 5) is 24.7. The van der Waals surface area contributed by atoms with Crippen LogP contribution in [0.5, 0.6) is 5.75 Å². The Labute approximate surface area is 167 Å². The van der Waals surface area contributed by atoms with Gasteiger partial charge in [-0.15, -0.1) is 0 Å². The van der Waals surface area contributed by atoms with E-state index in [0.717, 1.165) is 38.5 Å². The molecule has 7 heteroatoms. The van der Waals surface area contributed by atoms with Gasteiger partial charge in [0.25, 0.3) is 0 Å². The highest BCUT2D eigenvalue weighted by Gasteiger charge is 2.16. The van der Waals surface area contributed by atoms with Crippen LogP contribution in [0.1, 0.15) is 51.4 Å². The average molecular weight is 397 g/mol. The molecule has 0 saturated carbocycles. The maximum Gasteiger partial charge on any atom is 0.305 e. The molecular weight excluding hydrogens is 363 g/mol. The zero-order valence-corrected chi connectivity index (χ0v) is 17.0. The van der Waals surface area contributed by atoms with Crippen molar-refractivity contribution in [3.8, 4) is 5.75 Å². The van der Waals surface area contributed by atoms with Crippen LogP contribution >= 0.6 is 0 Å². The van der Waals surface area contributed by atoms with Crippen LogP contribution in [0.4, 0.5) is 4.39 Å². The number of halogens is 1. The smallest absolute Gasteiger partial charge is 0.305 e. The molecule has 0 aromatic heterocycles. The van der Waals surface area contributed by atoms with Gasteiger partial charge in [0, 0.05) is 19.0 Å². The summed E-state index contributed by atoms with van der Waals surface area (Å²) in [5.74, 6) is -0.732. The largest absolute Gasteiger partial charge is 0.493 e. The molecule has 0 aliphatic carbocycles. The van der Waals surface area contributed by atoms with E-state index in [2.05, 4.69) is 5.32 Å². The molecule has 0 heterocycles. The molecule has 6 nitrogen and oxygen atoms in total. The zero-order valence-electron chi connectivity index (χ0n) is 17.0. The first-order valence-corrected chi connectivity index (χ1v) is 9.91. The minimum absolute atomic E-state index is 0.0678. The highest BCUT2D eigenvalue weighted by molar-refractivity contribution is 5.77. The van der Waals surface area contributed by atoms with Crippen molar-refractivity contribution < 1.29 is 23.8 Å². The summed E-state index contributed by atoms with van der Waals surface area (Å²) >= 11 is 0. The summed E-state index contributed by atoms with van der Waals surface area (Å²) in [7, 11) is 3.70. The lowest BCUT2D eigenvalue weighted by Gasteiger charge is -2.20. The zero-order chi connectivity index (χ0) is 20.8. The minimum atomic E-state index is -0.909. The molecule has 158 valence electrons. The number of nitrogens with one attached hydrogen (secondary N) is 1. The molecule has 0 spiro atoms. The normalized spacial score (nSPS) is 12.0. The predicted molar refractivity (Wildman–Crippen MR) is 107 cm³/mol. The van der Waals surface area contributed by atoms with Gasteiger partial charge in [0.15, 0.2) is 0 Å². The topological polar surface area (TPSA) is 78.9 Å². The Bertz CT molecular complexity index is 596. The number of carboxylic acids is 1. The molecule has 28 heavy (non-hydrogen) atoms. The number of rotatable bonds is 15. The number of ether oxygens (including phenoxy) is 1. The van der Waals surface area contributed by atoms with Gasteiger partial charge >= 0.3 is 5.97 Å². The van der Waals surface area contributed by atoms with Crippen molar-refractivity contribution in [3.63, 3.8) is 0 Å². The monoisotopic (exact) mass is 396 g/mol. The first-order chi connectivity index (χ1) is 13.4. The fourth-order valence-corrected chi connectivity index (χ4v) is 2.95. The molecular formula is C21H33FN2O4. The fraction of sp³-hybridized carbons (Fsp3) is 0.619. The molecule has 1 rings (SSSR count). The van der Waals surface area contributed by atoms with Crippen LogP contribution in [0.25, 0.3) is 0 Å². The summed E-state index contributed by atoms with van der Waals surface area (Å²) in [6, 6.07) is 5.78. The van der Waals surface area contributed by atoms with Gasteiger partial charge in [-0.25, -0.2) is 4.39 Å². The number of nitrogens with zero attached hydrogens (tertiary/aromatic N) is 1. The molecule has 1 atom stereocenters. The number of amides is 1. The van der Waals surface area contributed by atoms with E-state index in [-0.39, 0.29) is 24.2 Å². The summed E-state index contributed by atoms with van der Waals surface area (Å²) in [5.41, 5.74) is 0. The van der Waals surface area contributed by atoms with Crippen LogP contribution in [-0.2, 0) is 9.59 Å². The summed E-state index contributed by atoms with van der Waals surface area (Å²) in [6.45, 7) is 1.08. The third kappa shape index (κ3) is 12.3. The molecule has 0 fully saturated rings. The van der Waals surface area contributed by atoms with Crippen molar-refractivity contribution >= 4 is 11.9 Å². The van der Waals surface area contributed by atoms with Crippen molar-refractivity contribution in [1.29, 1.82) is 0 Å². The molecule has 1 aromatic rings. The van der Waals surface area contributed by atoms with E-state index < -0.39 is 5.97 Å². The number of carboxylic acid groups (broad SMARTS) is 1. The summed E-state index contributed by atoms with van der Waals surface area (Å²) < 4.78 is 18.5. The number of carbonyl (C=O) groups is 2. The van der Waals surface area contributed by atoms with Crippen molar-refractivity contribution in [2.75, 3.05) is 27.2 Å². The lowest BCUT2D eigenvalue weighted by atomic mass is 10.1. The highest BCUT2D eigenvalue weighted by Crippen LogP contribution is 2.13. The molecule has 0 aliphatic rings. The van der Waals surface area contributed by atoms with Crippen LogP contribution < -0.4 is 10.1 Å². The Hall–Kier alpha value is -2.15. The van der Waals surface area contributed by atoms with Crippen molar-refractivity contribution in [1.82, 2.24) is 10.2 Å².